The van der Waals surface area contributed by atoms with E-state index in [1.807, 2.05) is 50.2 Å². The first-order valence-corrected chi connectivity index (χ1v) is 15.8. The molecule has 0 aliphatic heterocycles. The monoisotopic (exact) mass is 599 g/mol. The van der Waals surface area contributed by atoms with Gasteiger partial charge in [-0.3, -0.25) is 13.9 Å². The van der Waals surface area contributed by atoms with Gasteiger partial charge < -0.3 is 15.0 Å². The van der Waals surface area contributed by atoms with Gasteiger partial charge in [0.2, 0.25) is 21.8 Å². The number of anilines is 1. The molecule has 3 aromatic rings. The smallest absolute Gasteiger partial charge is 0.244 e. The van der Waals surface area contributed by atoms with Gasteiger partial charge in [-0.05, 0) is 48.2 Å². The molecule has 0 radical (unpaired) electrons. The first kappa shape index (κ1) is 32.0. The summed E-state index contributed by atoms with van der Waals surface area (Å²) in [5.41, 5.74) is 1.82. The Balaban J connectivity index is 2.07. The number of rotatable bonds is 14. The largest absolute Gasteiger partial charge is 0.492 e. The molecule has 10 heteroatoms. The van der Waals surface area contributed by atoms with Crippen molar-refractivity contribution in [2.75, 3.05) is 30.3 Å². The number of halogens is 1. The zero-order valence-electron chi connectivity index (χ0n) is 23.9. The van der Waals surface area contributed by atoms with Crippen LogP contribution in [0.5, 0.6) is 5.75 Å². The molecule has 3 rings (SSSR count). The van der Waals surface area contributed by atoms with Crippen molar-refractivity contribution in [1.82, 2.24) is 10.2 Å². The summed E-state index contributed by atoms with van der Waals surface area (Å²) in [6.07, 6.45) is 1.28. The second-order valence-electron chi connectivity index (χ2n) is 10.2. The lowest BCUT2D eigenvalue weighted by atomic mass is 10.0. The molecule has 0 saturated heterocycles. The average Bonchev–Trinajstić information content (AvgIpc) is 2.93. The fourth-order valence-corrected chi connectivity index (χ4v) is 5.41. The third-order valence-electron chi connectivity index (χ3n) is 6.31. The number of hydrogen-bond donors (Lipinski definition) is 1. The minimum atomic E-state index is -3.91. The molecule has 0 bridgehead atoms. The van der Waals surface area contributed by atoms with Crippen LogP contribution in [0.25, 0.3) is 0 Å². The Hall–Kier alpha value is -3.56. The lowest BCUT2D eigenvalue weighted by molar-refractivity contribution is -0.140. The first-order chi connectivity index (χ1) is 19.5. The molecule has 0 heterocycles. The van der Waals surface area contributed by atoms with Crippen LogP contribution in [0.15, 0.2) is 78.9 Å². The van der Waals surface area contributed by atoms with Crippen molar-refractivity contribution in [2.24, 2.45) is 5.92 Å². The second-order valence-corrected chi connectivity index (χ2v) is 12.5. The fourth-order valence-electron chi connectivity index (χ4n) is 4.34. The molecule has 0 aliphatic carbocycles. The summed E-state index contributed by atoms with van der Waals surface area (Å²) in [4.78, 5) is 29.3. The zero-order valence-corrected chi connectivity index (χ0v) is 25.5. The number of carbonyl (C=O) groups excluding carboxylic acids is 2. The van der Waals surface area contributed by atoms with E-state index >= 15 is 0 Å². The van der Waals surface area contributed by atoms with Gasteiger partial charge in [0.25, 0.3) is 0 Å². The van der Waals surface area contributed by atoms with Crippen molar-refractivity contribution in [3.05, 3.63) is 95.0 Å². The van der Waals surface area contributed by atoms with Crippen LogP contribution in [-0.4, -0.2) is 57.1 Å². The second kappa shape index (κ2) is 14.9. The number of carbonyl (C=O) groups is 2. The van der Waals surface area contributed by atoms with Crippen LogP contribution in [0.1, 0.15) is 31.9 Å². The summed E-state index contributed by atoms with van der Waals surface area (Å²) in [7, 11) is -3.91. The van der Waals surface area contributed by atoms with Crippen molar-refractivity contribution in [3.63, 3.8) is 0 Å². The highest BCUT2D eigenvalue weighted by Crippen LogP contribution is 2.30. The van der Waals surface area contributed by atoms with Gasteiger partial charge in [-0.2, -0.15) is 0 Å². The van der Waals surface area contributed by atoms with E-state index < -0.39 is 28.5 Å². The van der Waals surface area contributed by atoms with Crippen LogP contribution in [-0.2, 0) is 32.6 Å². The molecule has 0 spiro atoms. The number of amides is 2. The molecule has 3 aromatic carbocycles. The number of para-hydroxylation sites is 2. The summed E-state index contributed by atoms with van der Waals surface area (Å²) < 4.78 is 32.7. The van der Waals surface area contributed by atoms with E-state index in [2.05, 4.69) is 5.32 Å². The van der Waals surface area contributed by atoms with Gasteiger partial charge in [0.05, 0.1) is 18.6 Å². The number of nitrogens with zero attached hydrogens (tertiary/aromatic N) is 2. The normalized spacial score (nSPS) is 12.0. The van der Waals surface area contributed by atoms with Gasteiger partial charge in [0, 0.05) is 24.5 Å². The van der Waals surface area contributed by atoms with E-state index in [4.69, 9.17) is 16.3 Å². The lowest BCUT2D eigenvalue weighted by Crippen LogP contribution is -2.53. The van der Waals surface area contributed by atoms with Crippen LogP contribution < -0.4 is 14.4 Å². The van der Waals surface area contributed by atoms with Crippen molar-refractivity contribution in [1.29, 1.82) is 0 Å². The summed E-state index contributed by atoms with van der Waals surface area (Å²) >= 11 is 6.25. The number of sulfonamides is 1. The van der Waals surface area contributed by atoms with Crippen LogP contribution in [0.2, 0.25) is 5.02 Å². The SMILES string of the molecule is CCOc1ccccc1N(CC(=O)N(Cc1cccc(Cl)c1)[C@@H](Cc1ccccc1)C(=O)NCC(C)C)S(C)(=O)=O. The van der Waals surface area contributed by atoms with E-state index in [0.29, 0.717) is 29.5 Å². The van der Waals surface area contributed by atoms with Crippen molar-refractivity contribution < 1.29 is 22.7 Å². The summed E-state index contributed by atoms with van der Waals surface area (Å²) in [6, 6.07) is 22.2. The van der Waals surface area contributed by atoms with E-state index in [9.17, 15) is 18.0 Å². The van der Waals surface area contributed by atoms with E-state index in [1.54, 1.807) is 49.4 Å². The maximum Gasteiger partial charge on any atom is 0.244 e. The Labute approximate surface area is 248 Å². The quantitative estimate of drug-likeness (QED) is 0.284. The Kier molecular flexibility index (Phi) is 11.6. The predicted molar refractivity (Wildman–Crippen MR) is 164 cm³/mol. The van der Waals surface area contributed by atoms with Gasteiger partial charge in [0.15, 0.2) is 0 Å². The van der Waals surface area contributed by atoms with Crippen LogP contribution in [0, 0.1) is 5.92 Å². The molecule has 0 aromatic heterocycles. The Bertz CT molecular complexity index is 1420. The standard InChI is InChI=1S/C31H38ClN3O5S/c1-5-40-29-17-10-9-16-27(29)35(41(4,38)39)22-30(36)34(21-25-14-11-15-26(32)18-25)28(31(37)33-20-23(2)3)19-24-12-7-6-8-13-24/h6-18,23,28H,5,19-22H2,1-4H3,(H,33,37)/t28-/m0/s1. The van der Waals surface area contributed by atoms with Crippen molar-refractivity contribution in [2.45, 2.75) is 39.8 Å². The first-order valence-electron chi connectivity index (χ1n) is 13.5. The minimum Gasteiger partial charge on any atom is -0.492 e. The third-order valence-corrected chi connectivity index (χ3v) is 7.67. The Morgan fingerprint density at radius 1 is 0.951 bits per heavy atom. The van der Waals surface area contributed by atoms with Crippen LogP contribution >= 0.6 is 11.6 Å². The maximum absolute atomic E-state index is 14.2. The van der Waals surface area contributed by atoms with Crippen molar-refractivity contribution >= 4 is 39.1 Å². The third kappa shape index (κ3) is 9.50. The summed E-state index contributed by atoms with van der Waals surface area (Å²) in [6.45, 7) is 6.05. The van der Waals surface area contributed by atoms with Crippen molar-refractivity contribution in [3.8, 4) is 5.75 Å². The summed E-state index contributed by atoms with van der Waals surface area (Å²) in [5, 5.41) is 3.45. The predicted octanol–water partition coefficient (Wildman–Crippen LogP) is 4.92. The number of nitrogens with one attached hydrogen (secondary N) is 1. The molecular formula is C31H38ClN3O5S. The van der Waals surface area contributed by atoms with Gasteiger partial charge in [0.1, 0.15) is 18.3 Å². The number of ether oxygens (including phenoxy) is 1. The van der Waals surface area contributed by atoms with Gasteiger partial charge in [-0.15, -0.1) is 0 Å². The highest BCUT2D eigenvalue weighted by Gasteiger charge is 2.33. The topological polar surface area (TPSA) is 96.0 Å². The zero-order chi connectivity index (χ0) is 30.0. The average molecular weight is 600 g/mol. The lowest BCUT2D eigenvalue weighted by Gasteiger charge is -2.34. The molecule has 2 amide bonds. The van der Waals surface area contributed by atoms with Crippen LogP contribution in [0.3, 0.4) is 0 Å². The van der Waals surface area contributed by atoms with Gasteiger partial charge in [-0.25, -0.2) is 8.42 Å². The van der Waals surface area contributed by atoms with E-state index in [0.717, 1.165) is 16.1 Å². The Morgan fingerprint density at radius 2 is 1.61 bits per heavy atom. The molecule has 8 nitrogen and oxygen atoms in total. The maximum atomic E-state index is 14.2. The molecule has 220 valence electrons. The molecule has 1 atom stereocenters. The van der Waals surface area contributed by atoms with Gasteiger partial charge in [-0.1, -0.05) is 80.0 Å². The highest BCUT2D eigenvalue weighted by molar-refractivity contribution is 7.92. The van der Waals surface area contributed by atoms with E-state index in [1.165, 1.54) is 4.90 Å². The summed E-state index contributed by atoms with van der Waals surface area (Å²) in [5.74, 6) is -0.324. The Morgan fingerprint density at radius 3 is 2.24 bits per heavy atom. The van der Waals surface area contributed by atoms with Gasteiger partial charge >= 0.3 is 0 Å². The molecule has 41 heavy (non-hydrogen) atoms. The molecule has 0 unspecified atom stereocenters. The minimum absolute atomic E-state index is 0.0523. The molecular weight excluding hydrogens is 562 g/mol. The molecule has 0 saturated carbocycles. The molecule has 1 N–H and O–H groups in total. The fraction of sp³-hybridized carbons (Fsp3) is 0.355. The number of benzene rings is 3. The van der Waals surface area contributed by atoms with Crippen LogP contribution in [0.4, 0.5) is 5.69 Å². The van der Waals surface area contributed by atoms with E-state index in [-0.39, 0.29) is 30.5 Å². The molecule has 0 fully saturated rings. The molecule has 0 aliphatic rings. The number of hydrogen-bond acceptors (Lipinski definition) is 5. The highest BCUT2D eigenvalue weighted by atomic mass is 35.5.